The molecule has 8 rings (SSSR count). The number of aromatic nitrogens is 6. The molecule has 0 aliphatic heterocycles. The fraction of sp³-hybridized carbons (Fsp3) is 0.375. The number of nitrogens with zero attached hydrogens (tertiary/aromatic N) is 6. The Morgan fingerprint density at radius 1 is 0.603 bits per heavy atom. The summed E-state index contributed by atoms with van der Waals surface area (Å²) in [5.74, 6) is 1.08. The van der Waals surface area contributed by atoms with Gasteiger partial charge in [-0.3, -0.25) is 0 Å². The maximum absolute atomic E-state index is 13.3. The molecule has 0 spiro atoms. The molecule has 0 amide bonds. The van der Waals surface area contributed by atoms with E-state index in [-0.39, 0.29) is 23.7 Å². The van der Waals surface area contributed by atoms with Gasteiger partial charge in [0.2, 0.25) is 0 Å². The van der Waals surface area contributed by atoms with Crippen molar-refractivity contribution in [2.24, 2.45) is 0 Å². The second-order valence-corrected chi connectivity index (χ2v) is 16.7. The normalized spacial score (nSPS) is 16.6. The molecule has 0 saturated heterocycles. The number of anilines is 6. The molecule has 0 saturated carbocycles. The van der Waals surface area contributed by atoms with E-state index in [1.807, 2.05) is 36.4 Å². The summed E-state index contributed by atoms with van der Waals surface area (Å²) in [6.07, 6.45) is -3.09. The highest BCUT2D eigenvalue weighted by molar-refractivity contribution is 5.77. The van der Waals surface area contributed by atoms with Gasteiger partial charge in [-0.05, 0) is 98.2 Å². The van der Waals surface area contributed by atoms with Gasteiger partial charge < -0.3 is 41.0 Å². The lowest BCUT2D eigenvalue weighted by Crippen LogP contribution is -2.23. The maximum atomic E-state index is 13.3. The lowest BCUT2D eigenvalue weighted by molar-refractivity contribution is -0.141. The highest BCUT2D eigenvalue weighted by Crippen LogP contribution is 2.37. The number of pyridine rings is 2. The highest BCUT2D eigenvalue weighted by Gasteiger charge is 2.35. The van der Waals surface area contributed by atoms with Crippen LogP contribution in [-0.2, 0) is 47.5 Å². The number of ether oxygens (including phenoxy) is 2. The molecule has 0 bridgehead atoms. The monoisotopic (exact) mass is 946 g/mol. The summed E-state index contributed by atoms with van der Waals surface area (Å²) in [7, 11) is 3.03. The third-order valence-corrected chi connectivity index (χ3v) is 11.3. The number of rotatable bonds is 14. The topological polar surface area (TPSA) is 184 Å². The van der Waals surface area contributed by atoms with Crippen molar-refractivity contribution in [3.63, 3.8) is 0 Å². The van der Waals surface area contributed by atoms with E-state index in [1.165, 1.54) is 50.1 Å². The molecule has 0 fully saturated rings. The Kier molecular flexibility index (Phi) is 15.7. The molecular formula is C48H52F6N10O4. The second-order valence-electron chi connectivity index (χ2n) is 16.7. The zero-order valence-corrected chi connectivity index (χ0v) is 37.7. The number of benzene rings is 2. The van der Waals surface area contributed by atoms with Crippen molar-refractivity contribution in [1.82, 2.24) is 29.9 Å². The third-order valence-electron chi connectivity index (χ3n) is 11.3. The van der Waals surface area contributed by atoms with Crippen molar-refractivity contribution in [3.05, 3.63) is 119 Å². The number of aryl methyl sites for hydroxylation is 2. The van der Waals surface area contributed by atoms with Crippen molar-refractivity contribution in [2.75, 3.05) is 48.7 Å². The Morgan fingerprint density at radius 3 is 1.40 bits per heavy atom. The number of hydrogen-bond acceptors (Lipinski definition) is 14. The van der Waals surface area contributed by atoms with Gasteiger partial charge in [0.15, 0.2) is 0 Å². The molecule has 0 radical (unpaired) electrons. The second kappa shape index (κ2) is 21.6. The summed E-state index contributed by atoms with van der Waals surface area (Å²) in [5.41, 5.74) is 5.74. The molecule has 14 nitrogen and oxygen atoms in total. The van der Waals surface area contributed by atoms with Crippen LogP contribution in [0.5, 0.6) is 0 Å². The first-order valence-electron chi connectivity index (χ1n) is 21.9. The summed E-state index contributed by atoms with van der Waals surface area (Å²) in [4.78, 5) is 24.7. The fourth-order valence-electron chi connectivity index (χ4n) is 8.11. The molecule has 20 heteroatoms. The van der Waals surface area contributed by atoms with Crippen LogP contribution in [0.2, 0.25) is 0 Å². The van der Waals surface area contributed by atoms with Crippen LogP contribution in [0.15, 0.2) is 85.5 Å². The average Bonchev–Trinajstić information content (AvgIpc) is 3.29. The summed E-state index contributed by atoms with van der Waals surface area (Å²) >= 11 is 0. The predicted octanol–water partition coefficient (Wildman–Crippen LogP) is 9.19. The van der Waals surface area contributed by atoms with Crippen molar-refractivity contribution >= 4 is 34.6 Å². The molecular weight excluding hydrogens is 895 g/mol. The zero-order chi connectivity index (χ0) is 48.6. The van der Waals surface area contributed by atoms with E-state index in [0.29, 0.717) is 60.2 Å². The van der Waals surface area contributed by atoms with E-state index in [9.17, 15) is 36.6 Å². The smallest absolute Gasteiger partial charge is 0.393 e. The SMILES string of the molecule is COC[C@H](C)Nc1nc(C(F)(F)F)ccc1-c1cc(Nc2cccc3c2C[C@@H](O)CC3)ncn1.COC[C@H](C)Nc1nc(C(F)(F)F)ccc1-c1cc(Nc2cccc3c2C[C@H](O)CC3)ncn1. The first-order valence-corrected chi connectivity index (χ1v) is 21.9. The lowest BCUT2D eigenvalue weighted by atomic mass is 9.88. The molecule has 4 atom stereocenters. The number of alkyl halides is 6. The van der Waals surface area contributed by atoms with E-state index in [2.05, 4.69) is 51.2 Å². The number of aliphatic hydroxyl groups is 2. The first-order chi connectivity index (χ1) is 32.5. The predicted molar refractivity (Wildman–Crippen MR) is 246 cm³/mol. The van der Waals surface area contributed by atoms with Gasteiger partial charge in [0.25, 0.3) is 0 Å². The number of aliphatic hydroxyl groups excluding tert-OH is 2. The molecule has 2 aliphatic rings. The van der Waals surface area contributed by atoms with Gasteiger partial charge in [0.05, 0.1) is 36.8 Å². The van der Waals surface area contributed by atoms with Gasteiger partial charge in [-0.2, -0.15) is 26.3 Å². The van der Waals surface area contributed by atoms with Gasteiger partial charge in [-0.1, -0.05) is 24.3 Å². The van der Waals surface area contributed by atoms with E-state index in [1.54, 1.807) is 26.0 Å². The highest BCUT2D eigenvalue weighted by atomic mass is 19.4. The third kappa shape index (κ3) is 12.5. The van der Waals surface area contributed by atoms with Crippen molar-refractivity contribution in [2.45, 2.75) is 89.0 Å². The van der Waals surface area contributed by atoms with Crippen LogP contribution in [-0.4, -0.2) is 91.8 Å². The van der Waals surface area contributed by atoms with E-state index >= 15 is 0 Å². The molecule has 2 aromatic carbocycles. The summed E-state index contributed by atoms with van der Waals surface area (Å²) < 4.78 is 89.9. The molecule has 4 aromatic heterocycles. The van der Waals surface area contributed by atoms with Crippen molar-refractivity contribution in [1.29, 1.82) is 0 Å². The number of hydrogen-bond donors (Lipinski definition) is 6. The quantitative estimate of drug-likeness (QED) is 0.0568. The van der Waals surface area contributed by atoms with Gasteiger partial charge in [-0.15, -0.1) is 0 Å². The Bertz CT molecular complexity index is 2490. The van der Waals surface area contributed by atoms with Crippen LogP contribution < -0.4 is 21.3 Å². The molecule has 6 aromatic rings. The minimum absolute atomic E-state index is 0.0595. The first kappa shape index (κ1) is 49.4. The molecule has 360 valence electrons. The number of methoxy groups -OCH3 is 2. The Morgan fingerprint density at radius 2 is 1.01 bits per heavy atom. The van der Waals surface area contributed by atoms with Crippen LogP contribution in [0.1, 0.15) is 60.3 Å². The van der Waals surface area contributed by atoms with Gasteiger partial charge in [0.1, 0.15) is 47.3 Å². The number of halogens is 6. The summed E-state index contributed by atoms with van der Waals surface area (Å²) in [5, 5.41) is 32.7. The van der Waals surface area contributed by atoms with Crippen LogP contribution in [0.4, 0.5) is 61.0 Å². The Balaban J connectivity index is 0.000000201. The zero-order valence-electron chi connectivity index (χ0n) is 37.7. The maximum Gasteiger partial charge on any atom is 0.433 e. The Hall–Kier alpha value is -6.48. The van der Waals surface area contributed by atoms with Gasteiger partial charge in [0, 0.05) is 73.8 Å². The van der Waals surface area contributed by atoms with Crippen molar-refractivity contribution < 1.29 is 46.0 Å². The van der Waals surface area contributed by atoms with Gasteiger partial charge in [-0.25, -0.2) is 29.9 Å². The minimum atomic E-state index is -4.57. The molecule has 68 heavy (non-hydrogen) atoms. The standard InChI is InChI=1S/2C24H26F3N5O2/c2*1-14(12-34-2)30-23-17(8-9-21(32-23)24(25,26)27)20-11-22(29-13-28-20)31-19-5-3-4-15-6-7-16(33)10-18(15)19/h2*3-5,8-9,11,13-14,16,33H,6-7,10,12H2,1-2H3,(H,30,32)(H,28,29,31)/t14-,16+;14-,16-/m00/s1. The largest absolute Gasteiger partial charge is 0.433 e. The van der Waals surface area contributed by atoms with E-state index in [0.717, 1.165) is 60.3 Å². The summed E-state index contributed by atoms with van der Waals surface area (Å²) in [6.45, 7) is 4.15. The lowest BCUT2D eigenvalue weighted by Gasteiger charge is -2.23. The van der Waals surface area contributed by atoms with E-state index in [4.69, 9.17) is 9.47 Å². The average molecular weight is 947 g/mol. The van der Waals surface area contributed by atoms with Gasteiger partial charge >= 0.3 is 12.4 Å². The number of fused-ring (bicyclic) bond motifs is 2. The molecule has 0 unspecified atom stereocenters. The van der Waals surface area contributed by atoms with E-state index < -0.39 is 35.9 Å². The van der Waals surface area contributed by atoms with Crippen LogP contribution in [0.3, 0.4) is 0 Å². The van der Waals surface area contributed by atoms with Crippen molar-refractivity contribution in [3.8, 4) is 22.5 Å². The summed E-state index contributed by atoms with van der Waals surface area (Å²) in [6, 6.07) is 19.2. The minimum Gasteiger partial charge on any atom is -0.393 e. The van der Waals surface area contributed by atoms with Crippen LogP contribution in [0.25, 0.3) is 22.5 Å². The Labute approximate surface area is 389 Å². The molecule has 2 aliphatic carbocycles. The molecule has 4 heterocycles. The van der Waals surface area contributed by atoms with Crippen LogP contribution >= 0.6 is 0 Å². The fourth-order valence-corrected chi connectivity index (χ4v) is 8.11. The van der Waals surface area contributed by atoms with Crippen LogP contribution in [0, 0.1) is 0 Å². The number of nitrogens with one attached hydrogen (secondary N) is 4. The molecule has 6 N–H and O–H groups in total.